The monoisotopic (exact) mass is 236 g/mol. The molecule has 1 aromatic rings. The smallest absolute Gasteiger partial charge is 0.253 e. The number of ether oxygens (including phenoxy) is 1. The Morgan fingerprint density at radius 2 is 2.06 bits per heavy atom. The fourth-order valence-electron chi connectivity index (χ4n) is 1.57. The topological polar surface area (TPSA) is 50.4 Å². The number of para-hydroxylation sites is 1. The number of benzene rings is 1. The molecule has 4 heteroatoms. The number of carbonyl (C=O) groups is 1. The standard InChI is InChI=1S/C13H20N2O2/c1-14-12-8-4-3-7-11(12)13(16)15-9-5-6-10-17-2/h3-4,7-8,14H,5-6,9-10H2,1-2H3,(H,15,16). The van der Waals surface area contributed by atoms with E-state index in [0.29, 0.717) is 12.1 Å². The van der Waals surface area contributed by atoms with E-state index < -0.39 is 0 Å². The number of hydrogen-bond donors (Lipinski definition) is 2. The van der Waals surface area contributed by atoms with Crippen molar-refractivity contribution >= 4 is 11.6 Å². The number of unbranched alkanes of at least 4 members (excludes halogenated alkanes) is 1. The first kappa shape index (κ1) is 13.5. The molecule has 0 aliphatic rings. The van der Waals surface area contributed by atoms with Gasteiger partial charge in [0.05, 0.1) is 5.56 Å². The fraction of sp³-hybridized carbons (Fsp3) is 0.462. The van der Waals surface area contributed by atoms with E-state index in [0.717, 1.165) is 25.1 Å². The molecule has 1 aromatic carbocycles. The third-order valence-corrected chi connectivity index (χ3v) is 2.50. The Bertz CT molecular complexity index is 353. The molecule has 2 N–H and O–H groups in total. The van der Waals surface area contributed by atoms with E-state index in [4.69, 9.17) is 4.74 Å². The molecule has 0 fully saturated rings. The molecule has 0 atom stereocenters. The predicted octanol–water partition coefficient (Wildman–Crippen LogP) is 1.88. The van der Waals surface area contributed by atoms with Gasteiger partial charge in [-0.3, -0.25) is 4.79 Å². The van der Waals surface area contributed by atoms with Crippen molar-refractivity contribution in [1.82, 2.24) is 5.32 Å². The summed E-state index contributed by atoms with van der Waals surface area (Å²) in [4.78, 5) is 11.9. The molecule has 0 aliphatic carbocycles. The molecular weight excluding hydrogens is 216 g/mol. The van der Waals surface area contributed by atoms with Crippen molar-refractivity contribution in [3.05, 3.63) is 29.8 Å². The quantitative estimate of drug-likeness (QED) is 0.711. The van der Waals surface area contributed by atoms with Crippen molar-refractivity contribution in [3.63, 3.8) is 0 Å². The van der Waals surface area contributed by atoms with Crippen molar-refractivity contribution in [2.24, 2.45) is 0 Å². The minimum Gasteiger partial charge on any atom is -0.387 e. The van der Waals surface area contributed by atoms with Gasteiger partial charge in [-0.1, -0.05) is 12.1 Å². The summed E-state index contributed by atoms with van der Waals surface area (Å²) >= 11 is 0. The third kappa shape index (κ3) is 4.44. The Labute approximate surface area is 102 Å². The highest BCUT2D eigenvalue weighted by Crippen LogP contribution is 2.13. The lowest BCUT2D eigenvalue weighted by Gasteiger charge is -2.09. The number of rotatable bonds is 7. The SMILES string of the molecule is CNc1ccccc1C(=O)NCCCCOC. The van der Waals surface area contributed by atoms with E-state index in [-0.39, 0.29) is 5.91 Å². The lowest BCUT2D eigenvalue weighted by atomic mass is 10.1. The summed E-state index contributed by atoms with van der Waals surface area (Å²) in [5.41, 5.74) is 1.53. The molecule has 0 aromatic heterocycles. The van der Waals surface area contributed by atoms with Gasteiger partial charge in [-0.05, 0) is 25.0 Å². The number of hydrogen-bond acceptors (Lipinski definition) is 3. The maximum atomic E-state index is 11.9. The molecule has 1 amide bonds. The summed E-state index contributed by atoms with van der Waals surface area (Å²) in [5, 5.41) is 5.90. The average molecular weight is 236 g/mol. The van der Waals surface area contributed by atoms with Gasteiger partial charge in [0.25, 0.3) is 5.91 Å². The van der Waals surface area contributed by atoms with Crippen LogP contribution in [0, 0.1) is 0 Å². The lowest BCUT2D eigenvalue weighted by Crippen LogP contribution is -2.25. The van der Waals surface area contributed by atoms with E-state index in [1.54, 1.807) is 7.11 Å². The zero-order chi connectivity index (χ0) is 12.5. The van der Waals surface area contributed by atoms with Crippen LogP contribution in [0.25, 0.3) is 0 Å². The van der Waals surface area contributed by atoms with Gasteiger partial charge in [0.1, 0.15) is 0 Å². The molecule has 0 unspecified atom stereocenters. The number of methoxy groups -OCH3 is 1. The number of amides is 1. The maximum Gasteiger partial charge on any atom is 0.253 e. The normalized spacial score (nSPS) is 10.0. The molecular formula is C13H20N2O2. The molecule has 4 nitrogen and oxygen atoms in total. The highest BCUT2D eigenvalue weighted by Gasteiger charge is 2.08. The molecule has 0 saturated carbocycles. The number of nitrogens with one attached hydrogen (secondary N) is 2. The van der Waals surface area contributed by atoms with Crippen LogP contribution in [-0.4, -0.2) is 33.2 Å². The molecule has 0 heterocycles. The Morgan fingerprint density at radius 3 is 2.76 bits per heavy atom. The highest BCUT2D eigenvalue weighted by atomic mass is 16.5. The zero-order valence-corrected chi connectivity index (χ0v) is 10.5. The van der Waals surface area contributed by atoms with Crippen molar-refractivity contribution < 1.29 is 9.53 Å². The van der Waals surface area contributed by atoms with Gasteiger partial charge in [0.15, 0.2) is 0 Å². The van der Waals surface area contributed by atoms with Gasteiger partial charge in [0, 0.05) is 33.0 Å². The first-order valence-corrected chi connectivity index (χ1v) is 5.83. The van der Waals surface area contributed by atoms with E-state index in [9.17, 15) is 4.79 Å². The number of anilines is 1. The van der Waals surface area contributed by atoms with Crippen molar-refractivity contribution in [2.75, 3.05) is 32.6 Å². The molecule has 1 rings (SSSR count). The van der Waals surface area contributed by atoms with Gasteiger partial charge < -0.3 is 15.4 Å². The maximum absolute atomic E-state index is 11.9. The van der Waals surface area contributed by atoms with Crippen LogP contribution in [0.1, 0.15) is 23.2 Å². The largest absolute Gasteiger partial charge is 0.387 e. The van der Waals surface area contributed by atoms with Crippen LogP contribution in [-0.2, 0) is 4.74 Å². The van der Waals surface area contributed by atoms with E-state index in [2.05, 4.69) is 10.6 Å². The molecule has 94 valence electrons. The minimum absolute atomic E-state index is 0.0348. The molecule has 0 aliphatic heterocycles. The second-order valence-electron chi connectivity index (χ2n) is 3.75. The van der Waals surface area contributed by atoms with E-state index in [1.165, 1.54) is 0 Å². The minimum atomic E-state index is -0.0348. The van der Waals surface area contributed by atoms with Gasteiger partial charge in [-0.15, -0.1) is 0 Å². The van der Waals surface area contributed by atoms with Crippen molar-refractivity contribution in [1.29, 1.82) is 0 Å². The highest BCUT2D eigenvalue weighted by molar-refractivity contribution is 5.99. The Hall–Kier alpha value is -1.55. The van der Waals surface area contributed by atoms with Crippen molar-refractivity contribution in [3.8, 4) is 0 Å². The van der Waals surface area contributed by atoms with Crippen molar-refractivity contribution in [2.45, 2.75) is 12.8 Å². The van der Waals surface area contributed by atoms with Gasteiger partial charge >= 0.3 is 0 Å². The molecule has 0 spiro atoms. The molecule has 0 saturated heterocycles. The first-order valence-electron chi connectivity index (χ1n) is 5.83. The lowest BCUT2D eigenvalue weighted by molar-refractivity contribution is 0.0952. The van der Waals surface area contributed by atoms with Gasteiger partial charge in [-0.25, -0.2) is 0 Å². The van der Waals surface area contributed by atoms with Crippen LogP contribution < -0.4 is 10.6 Å². The summed E-state index contributed by atoms with van der Waals surface area (Å²) in [5.74, 6) is -0.0348. The van der Waals surface area contributed by atoms with Crippen LogP contribution in [0.3, 0.4) is 0 Å². The Morgan fingerprint density at radius 1 is 1.29 bits per heavy atom. The summed E-state index contributed by atoms with van der Waals surface area (Å²) in [6.07, 6.45) is 1.89. The first-order chi connectivity index (χ1) is 8.29. The summed E-state index contributed by atoms with van der Waals surface area (Å²) < 4.78 is 4.95. The summed E-state index contributed by atoms with van der Waals surface area (Å²) in [7, 11) is 3.49. The zero-order valence-electron chi connectivity index (χ0n) is 10.5. The second kappa shape index (κ2) is 7.68. The number of carbonyl (C=O) groups excluding carboxylic acids is 1. The summed E-state index contributed by atoms with van der Waals surface area (Å²) in [6, 6.07) is 7.47. The van der Waals surface area contributed by atoms with Crippen LogP contribution in [0.2, 0.25) is 0 Å². The van der Waals surface area contributed by atoms with Crippen LogP contribution in [0.15, 0.2) is 24.3 Å². The molecule has 0 bridgehead atoms. The van der Waals surface area contributed by atoms with Gasteiger partial charge in [0.2, 0.25) is 0 Å². The fourth-order valence-corrected chi connectivity index (χ4v) is 1.57. The third-order valence-electron chi connectivity index (χ3n) is 2.50. The van der Waals surface area contributed by atoms with E-state index in [1.807, 2.05) is 31.3 Å². The average Bonchev–Trinajstić information content (AvgIpc) is 2.38. The van der Waals surface area contributed by atoms with Crippen LogP contribution >= 0.6 is 0 Å². The predicted molar refractivity (Wildman–Crippen MR) is 69.4 cm³/mol. The molecule has 0 radical (unpaired) electrons. The molecule has 17 heavy (non-hydrogen) atoms. The Balaban J connectivity index is 2.41. The van der Waals surface area contributed by atoms with Crippen LogP contribution in [0.4, 0.5) is 5.69 Å². The van der Waals surface area contributed by atoms with Gasteiger partial charge in [-0.2, -0.15) is 0 Å². The van der Waals surface area contributed by atoms with Crippen LogP contribution in [0.5, 0.6) is 0 Å². The van der Waals surface area contributed by atoms with E-state index >= 15 is 0 Å². The second-order valence-corrected chi connectivity index (χ2v) is 3.75. The summed E-state index contributed by atoms with van der Waals surface area (Å²) in [6.45, 7) is 1.42. The Kier molecular flexibility index (Phi) is 6.10.